The van der Waals surface area contributed by atoms with Crippen LogP contribution in [0.3, 0.4) is 0 Å². The van der Waals surface area contributed by atoms with Crippen LogP contribution in [-0.4, -0.2) is 0 Å². The summed E-state index contributed by atoms with van der Waals surface area (Å²) in [5.41, 5.74) is 4.80. The second-order valence-electron chi connectivity index (χ2n) is 5.17. The van der Waals surface area contributed by atoms with E-state index >= 15 is 0 Å². The van der Waals surface area contributed by atoms with Gasteiger partial charge in [0.25, 0.3) is 0 Å². The molecule has 0 saturated heterocycles. The molecule has 0 heterocycles. The Morgan fingerprint density at radius 2 is 1.62 bits per heavy atom. The van der Waals surface area contributed by atoms with Crippen LogP contribution >= 0.6 is 0 Å². The van der Waals surface area contributed by atoms with Crippen molar-refractivity contribution in [3.63, 3.8) is 0 Å². The Bertz CT molecular complexity index is 270. The topological polar surface area (TPSA) is 0 Å². The van der Waals surface area contributed by atoms with Gasteiger partial charge >= 0.3 is 0 Å². The molecule has 0 atom stereocenters. The third-order valence-corrected chi connectivity index (χ3v) is 3.79. The monoisotopic (exact) mass is 292 g/mol. The van der Waals surface area contributed by atoms with E-state index in [1.54, 1.807) is 5.57 Å². The summed E-state index contributed by atoms with van der Waals surface area (Å²) in [6, 6.07) is 0. The molecule has 0 spiro atoms. The average Bonchev–Trinajstić information content (AvgIpc) is 2.59. The highest BCUT2D eigenvalue weighted by atomic mass is 14.2. The molecule has 0 aromatic rings. The molecule has 0 radical (unpaired) electrons. The standard InChI is InChI=1S/C17H28.2C2H6/c1-3-5-6-8-11-16(4-2)14-15-17-12-9-7-10-13-17;2*1-2/h5,8,11,17H,3-4,7,9-10,12-15H2,1-2H3;2*1-2H3/b16-11+;;. The smallest absolute Gasteiger partial charge is 0.0204 e. The zero-order valence-corrected chi connectivity index (χ0v) is 15.7. The van der Waals surface area contributed by atoms with Crippen LogP contribution < -0.4 is 0 Å². The van der Waals surface area contributed by atoms with Crippen LogP contribution in [0.4, 0.5) is 0 Å². The fourth-order valence-electron chi connectivity index (χ4n) is 2.60. The van der Waals surface area contributed by atoms with E-state index in [1.165, 1.54) is 51.4 Å². The van der Waals surface area contributed by atoms with Crippen LogP contribution in [0.15, 0.2) is 29.5 Å². The number of rotatable bonds is 6. The van der Waals surface area contributed by atoms with Gasteiger partial charge in [-0.3, -0.25) is 0 Å². The van der Waals surface area contributed by atoms with Gasteiger partial charge in [-0.2, -0.15) is 0 Å². The Balaban J connectivity index is 0. The van der Waals surface area contributed by atoms with Crippen molar-refractivity contribution in [1.82, 2.24) is 0 Å². The van der Waals surface area contributed by atoms with Crippen molar-refractivity contribution in [2.75, 3.05) is 0 Å². The lowest BCUT2D eigenvalue weighted by molar-refractivity contribution is 0.338. The normalized spacial score (nSPS) is 14.9. The highest BCUT2D eigenvalue weighted by Gasteiger charge is 2.12. The molecule has 1 rings (SSSR count). The maximum absolute atomic E-state index is 3.21. The fraction of sp³-hybridized carbons (Fsp3) is 0.762. The van der Waals surface area contributed by atoms with Crippen LogP contribution in [0.5, 0.6) is 0 Å². The molecule has 0 heteroatoms. The van der Waals surface area contributed by atoms with Gasteiger partial charge in [-0.15, -0.1) is 5.73 Å². The maximum Gasteiger partial charge on any atom is -0.0204 e. The van der Waals surface area contributed by atoms with Gasteiger partial charge in [-0.05, 0) is 43.8 Å². The van der Waals surface area contributed by atoms with E-state index in [1.807, 2.05) is 27.7 Å². The molecule has 124 valence electrons. The number of hydrogen-bond donors (Lipinski definition) is 0. The minimum Gasteiger partial charge on any atom is -0.125 e. The van der Waals surface area contributed by atoms with Gasteiger partial charge < -0.3 is 0 Å². The summed E-state index contributed by atoms with van der Waals surface area (Å²) in [6.07, 6.45) is 18.8. The van der Waals surface area contributed by atoms with Gasteiger partial charge in [0.15, 0.2) is 0 Å². The van der Waals surface area contributed by atoms with Crippen molar-refractivity contribution in [2.24, 2.45) is 5.92 Å². The lowest BCUT2D eigenvalue weighted by Crippen LogP contribution is -2.06. The molecule has 0 aliphatic heterocycles. The predicted octanol–water partition coefficient (Wildman–Crippen LogP) is 7.86. The Kier molecular flexibility index (Phi) is 20.7. The van der Waals surface area contributed by atoms with Gasteiger partial charge in [0.05, 0.1) is 0 Å². The van der Waals surface area contributed by atoms with E-state index in [9.17, 15) is 0 Å². The van der Waals surface area contributed by atoms with Gasteiger partial charge in [-0.25, -0.2) is 0 Å². The lowest BCUT2D eigenvalue weighted by atomic mass is 9.85. The molecule has 1 aliphatic rings. The van der Waals surface area contributed by atoms with Gasteiger partial charge in [-0.1, -0.05) is 85.3 Å². The molecule has 0 unspecified atom stereocenters. The summed E-state index contributed by atoms with van der Waals surface area (Å²) in [6.45, 7) is 12.4. The summed E-state index contributed by atoms with van der Waals surface area (Å²) >= 11 is 0. The quantitative estimate of drug-likeness (QED) is 0.345. The average molecular weight is 293 g/mol. The first kappa shape index (κ1) is 22.5. The van der Waals surface area contributed by atoms with Gasteiger partial charge in [0.1, 0.15) is 0 Å². The molecule has 1 fully saturated rings. The second-order valence-corrected chi connectivity index (χ2v) is 5.17. The fourth-order valence-corrected chi connectivity index (χ4v) is 2.60. The summed E-state index contributed by atoms with van der Waals surface area (Å²) in [7, 11) is 0. The zero-order chi connectivity index (χ0) is 16.3. The summed E-state index contributed by atoms with van der Waals surface area (Å²) < 4.78 is 0. The molecule has 1 aliphatic carbocycles. The SMILES string of the molecule is CC.CC.CCC=C=C/C=C(\CC)CCC1CCCCC1. The van der Waals surface area contributed by atoms with Crippen LogP contribution in [0.1, 0.15) is 99.3 Å². The van der Waals surface area contributed by atoms with Crippen molar-refractivity contribution in [2.45, 2.75) is 99.3 Å². The summed E-state index contributed by atoms with van der Waals surface area (Å²) in [5.74, 6) is 1.01. The van der Waals surface area contributed by atoms with Crippen molar-refractivity contribution >= 4 is 0 Å². The van der Waals surface area contributed by atoms with Crippen molar-refractivity contribution < 1.29 is 0 Å². The second kappa shape index (κ2) is 19.3. The van der Waals surface area contributed by atoms with E-state index < -0.39 is 0 Å². The van der Waals surface area contributed by atoms with Gasteiger partial charge in [0, 0.05) is 0 Å². The lowest BCUT2D eigenvalue weighted by Gasteiger charge is -2.21. The van der Waals surface area contributed by atoms with Crippen LogP contribution in [-0.2, 0) is 0 Å². The van der Waals surface area contributed by atoms with Crippen molar-refractivity contribution in [3.05, 3.63) is 29.5 Å². The zero-order valence-electron chi connectivity index (χ0n) is 15.7. The molecular weight excluding hydrogens is 252 g/mol. The summed E-state index contributed by atoms with van der Waals surface area (Å²) in [4.78, 5) is 0. The molecule has 0 bridgehead atoms. The third-order valence-electron chi connectivity index (χ3n) is 3.79. The molecule has 1 saturated carbocycles. The van der Waals surface area contributed by atoms with E-state index in [-0.39, 0.29) is 0 Å². The first-order valence-electron chi connectivity index (χ1n) is 9.45. The molecule has 21 heavy (non-hydrogen) atoms. The molecular formula is C21H40. The maximum atomic E-state index is 3.21. The first-order chi connectivity index (χ1) is 10.4. The van der Waals surface area contributed by atoms with Crippen LogP contribution in [0.2, 0.25) is 0 Å². The molecule has 0 N–H and O–H groups in total. The first-order valence-corrected chi connectivity index (χ1v) is 9.45. The Morgan fingerprint density at radius 3 is 2.14 bits per heavy atom. The Morgan fingerprint density at radius 1 is 1.00 bits per heavy atom. The summed E-state index contributed by atoms with van der Waals surface area (Å²) in [5, 5.41) is 0. The Hall–Kier alpha value is -0.740. The molecule has 0 aromatic heterocycles. The molecule has 0 aromatic carbocycles. The molecule has 0 amide bonds. The van der Waals surface area contributed by atoms with E-state index in [0.29, 0.717) is 0 Å². The van der Waals surface area contributed by atoms with Gasteiger partial charge in [0.2, 0.25) is 0 Å². The number of allylic oxidation sites excluding steroid dienone is 3. The largest absolute Gasteiger partial charge is 0.125 e. The van der Waals surface area contributed by atoms with E-state index in [4.69, 9.17) is 0 Å². The minimum absolute atomic E-state index is 1.01. The van der Waals surface area contributed by atoms with Crippen LogP contribution in [0.25, 0.3) is 0 Å². The highest BCUT2D eigenvalue weighted by molar-refractivity contribution is 5.12. The number of hydrogen-bond acceptors (Lipinski definition) is 0. The molecule has 0 nitrogen and oxygen atoms in total. The highest BCUT2D eigenvalue weighted by Crippen LogP contribution is 2.28. The van der Waals surface area contributed by atoms with Crippen LogP contribution in [0, 0.1) is 5.92 Å². The van der Waals surface area contributed by atoms with E-state index in [2.05, 4.69) is 37.8 Å². The van der Waals surface area contributed by atoms with Crippen molar-refractivity contribution in [3.8, 4) is 0 Å². The third kappa shape index (κ3) is 14.0. The van der Waals surface area contributed by atoms with E-state index in [0.717, 1.165) is 12.3 Å². The predicted molar refractivity (Wildman–Crippen MR) is 99.8 cm³/mol. The Labute approximate surface area is 135 Å². The minimum atomic E-state index is 1.01. The van der Waals surface area contributed by atoms with Crippen molar-refractivity contribution in [1.29, 1.82) is 0 Å².